The van der Waals surface area contributed by atoms with E-state index >= 15 is 0 Å². The van der Waals surface area contributed by atoms with Crippen LogP contribution in [0.3, 0.4) is 0 Å². The van der Waals surface area contributed by atoms with Gasteiger partial charge < -0.3 is 5.73 Å². The van der Waals surface area contributed by atoms with Crippen molar-refractivity contribution in [1.82, 2.24) is 9.78 Å². The molecule has 0 bridgehead atoms. The maximum Gasteiger partial charge on any atom is 0.0636 e. The molecule has 1 unspecified atom stereocenters. The Morgan fingerprint density at radius 3 is 2.80 bits per heavy atom. The molecular formula is C12H19N3. The minimum absolute atomic E-state index is 0.179. The molecule has 3 heteroatoms. The van der Waals surface area contributed by atoms with Crippen molar-refractivity contribution in [2.24, 2.45) is 18.2 Å². The van der Waals surface area contributed by atoms with Crippen LogP contribution in [0.4, 0.5) is 0 Å². The molecule has 82 valence electrons. The number of nitrogens with two attached hydrogens (primary N) is 1. The lowest BCUT2D eigenvalue weighted by atomic mass is 9.75. The summed E-state index contributed by atoms with van der Waals surface area (Å²) in [6.45, 7) is 4.55. The molecule has 0 saturated heterocycles. The highest BCUT2D eigenvalue weighted by Crippen LogP contribution is 2.38. The average molecular weight is 205 g/mol. The van der Waals surface area contributed by atoms with E-state index in [-0.39, 0.29) is 6.04 Å². The summed E-state index contributed by atoms with van der Waals surface area (Å²) in [6.07, 6.45) is 6.17. The highest BCUT2D eigenvalue weighted by molar-refractivity contribution is 5.65. The standard InChI is InChI=1S/C12H19N3/c1-12(2)7-9(6-10(13)8-12)11-4-5-14-15(11)3/h4-6,10H,7-8,13H2,1-3H3. The van der Waals surface area contributed by atoms with E-state index in [4.69, 9.17) is 5.73 Å². The van der Waals surface area contributed by atoms with Crippen molar-refractivity contribution in [3.05, 3.63) is 24.0 Å². The molecule has 2 rings (SSSR count). The van der Waals surface area contributed by atoms with Crippen molar-refractivity contribution in [3.63, 3.8) is 0 Å². The summed E-state index contributed by atoms with van der Waals surface area (Å²) >= 11 is 0. The van der Waals surface area contributed by atoms with Crippen LogP contribution in [0.25, 0.3) is 5.57 Å². The van der Waals surface area contributed by atoms with Gasteiger partial charge in [-0.3, -0.25) is 4.68 Å². The van der Waals surface area contributed by atoms with Crippen LogP contribution in [-0.2, 0) is 7.05 Å². The molecule has 1 aromatic rings. The number of nitrogens with zero attached hydrogens (tertiary/aromatic N) is 2. The third-order valence-electron chi connectivity index (χ3n) is 3.02. The van der Waals surface area contributed by atoms with E-state index in [1.165, 1.54) is 11.3 Å². The zero-order valence-corrected chi connectivity index (χ0v) is 9.70. The first kappa shape index (κ1) is 10.4. The fourth-order valence-electron chi connectivity index (χ4n) is 2.47. The Morgan fingerprint density at radius 1 is 1.53 bits per heavy atom. The van der Waals surface area contributed by atoms with Gasteiger partial charge in [-0.05, 0) is 29.9 Å². The molecule has 15 heavy (non-hydrogen) atoms. The van der Waals surface area contributed by atoms with Crippen molar-refractivity contribution in [3.8, 4) is 0 Å². The molecule has 1 atom stereocenters. The van der Waals surface area contributed by atoms with Gasteiger partial charge in [-0.2, -0.15) is 5.10 Å². The topological polar surface area (TPSA) is 43.8 Å². The fraction of sp³-hybridized carbons (Fsp3) is 0.583. The predicted octanol–water partition coefficient (Wildman–Crippen LogP) is 1.95. The van der Waals surface area contributed by atoms with Crippen LogP contribution in [0.2, 0.25) is 0 Å². The monoisotopic (exact) mass is 205 g/mol. The van der Waals surface area contributed by atoms with Gasteiger partial charge in [0.15, 0.2) is 0 Å². The van der Waals surface area contributed by atoms with Crippen molar-refractivity contribution in [2.75, 3.05) is 0 Å². The first-order valence-corrected chi connectivity index (χ1v) is 5.43. The molecule has 0 aromatic carbocycles. The summed E-state index contributed by atoms with van der Waals surface area (Å²) in [7, 11) is 1.98. The molecule has 0 saturated carbocycles. The summed E-state index contributed by atoms with van der Waals surface area (Å²) in [5.74, 6) is 0. The number of rotatable bonds is 1. The number of aromatic nitrogens is 2. The third kappa shape index (κ3) is 2.12. The van der Waals surface area contributed by atoms with Crippen molar-refractivity contribution < 1.29 is 0 Å². The average Bonchev–Trinajstić information content (AvgIpc) is 2.47. The molecule has 0 spiro atoms. The number of allylic oxidation sites excluding steroid dienone is 1. The second-order valence-corrected chi connectivity index (χ2v) is 5.24. The van der Waals surface area contributed by atoms with Crippen molar-refractivity contribution in [1.29, 1.82) is 0 Å². The zero-order valence-electron chi connectivity index (χ0n) is 9.70. The molecule has 1 aliphatic rings. The molecule has 1 heterocycles. The van der Waals surface area contributed by atoms with Crippen LogP contribution in [-0.4, -0.2) is 15.8 Å². The lowest BCUT2D eigenvalue weighted by Crippen LogP contribution is -2.30. The van der Waals surface area contributed by atoms with Crippen LogP contribution in [0, 0.1) is 5.41 Å². The van der Waals surface area contributed by atoms with E-state index in [2.05, 4.69) is 31.1 Å². The van der Waals surface area contributed by atoms with Gasteiger partial charge in [-0.1, -0.05) is 19.9 Å². The first-order valence-electron chi connectivity index (χ1n) is 5.43. The lowest BCUT2D eigenvalue weighted by molar-refractivity contribution is 0.318. The minimum Gasteiger partial charge on any atom is -0.324 e. The Bertz CT molecular complexity index is 387. The Labute approximate surface area is 91.0 Å². The molecule has 1 aliphatic carbocycles. The summed E-state index contributed by atoms with van der Waals surface area (Å²) < 4.78 is 1.92. The Hall–Kier alpha value is -1.09. The maximum atomic E-state index is 6.05. The fourth-order valence-corrected chi connectivity index (χ4v) is 2.47. The van der Waals surface area contributed by atoms with Gasteiger partial charge >= 0.3 is 0 Å². The molecule has 3 nitrogen and oxygen atoms in total. The molecule has 0 radical (unpaired) electrons. The van der Waals surface area contributed by atoms with Crippen molar-refractivity contribution >= 4 is 5.57 Å². The smallest absolute Gasteiger partial charge is 0.0636 e. The number of aryl methyl sites for hydroxylation is 1. The molecule has 2 N–H and O–H groups in total. The van der Waals surface area contributed by atoms with E-state index in [0.717, 1.165) is 12.8 Å². The van der Waals surface area contributed by atoms with Crippen LogP contribution >= 0.6 is 0 Å². The van der Waals surface area contributed by atoms with Crippen LogP contribution < -0.4 is 5.73 Å². The van der Waals surface area contributed by atoms with Gasteiger partial charge in [0.25, 0.3) is 0 Å². The number of hydrogen-bond donors (Lipinski definition) is 1. The van der Waals surface area contributed by atoms with E-state index in [1.54, 1.807) is 0 Å². The number of hydrogen-bond acceptors (Lipinski definition) is 2. The molecule has 0 aliphatic heterocycles. The minimum atomic E-state index is 0.179. The van der Waals surface area contributed by atoms with Gasteiger partial charge in [0.05, 0.1) is 5.69 Å². The quantitative estimate of drug-likeness (QED) is 0.761. The Balaban J connectivity index is 2.34. The van der Waals surface area contributed by atoms with Gasteiger partial charge in [0.2, 0.25) is 0 Å². The lowest BCUT2D eigenvalue weighted by Gasteiger charge is -2.33. The third-order valence-corrected chi connectivity index (χ3v) is 3.02. The van der Waals surface area contributed by atoms with Crippen LogP contribution in [0.15, 0.2) is 18.3 Å². The molecular weight excluding hydrogens is 186 g/mol. The summed E-state index contributed by atoms with van der Waals surface area (Å²) in [5, 5.41) is 4.20. The van der Waals surface area contributed by atoms with Crippen molar-refractivity contribution in [2.45, 2.75) is 32.7 Å². The maximum absolute atomic E-state index is 6.05. The van der Waals surface area contributed by atoms with Gasteiger partial charge in [0.1, 0.15) is 0 Å². The van der Waals surface area contributed by atoms with E-state index < -0.39 is 0 Å². The van der Waals surface area contributed by atoms with Gasteiger partial charge in [0, 0.05) is 19.3 Å². The second-order valence-electron chi connectivity index (χ2n) is 5.24. The van der Waals surface area contributed by atoms with Crippen LogP contribution in [0.1, 0.15) is 32.4 Å². The zero-order chi connectivity index (χ0) is 11.1. The highest BCUT2D eigenvalue weighted by atomic mass is 15.3. The molecule has 0 fully saturated rings. The largest absolute Gasteiger partial charge is 0.324 e. The normalized spacial score (nSPS) is 25.1. The van der Waals surface area contributed by atoms with Gasteiger partial charge in [-0.25, -0.2) is 0 Å². The summed E-state index contributed by atoms with van der Waals surface area (Å²) in [4.78, 5) is 0. The van der Waals surface area contributed by atoms with E-state index in [9.17, 15) is 0 Å². The van der Waals surface area contributed by atoms with Crippen LogP contribution in [0.5, 0.6) is 0 Å². The second kappa shape index (κ2) is 3.49. The predicted molar refractivity (Wildman–Crippen MR) is 62.2 cm³/mol. The molecule has 1 aromatic heterocycles. The highest BCUT2D eigenvalue weighted by Gasteiger charge is 2.28. The van der Waals surface area contributed by atoms with Gasteiger partial charge in [-0.15, -0.1) is 0 Å². The Morgan fingerprint density at radius 2 is 2.27 bits per heavy atom. The Kier molecular flexibility index (Phi) is 2.43. The SMILES string of the molecule is Cn1nccc1C1=CC(N)CC(C)(C)C1. The van der Waals surface area contributed by atoms with E-state index in [0.29, 0.717) is 5.41 Å². The summed E-state index contributed by atoms with van der Waals surface area (Å²) in [6, 6.07) is 2.23. The first-order chi connectivity index (χ1) is 6.98. The summed E-state index contributed by atoms with van der Waals surface area (Å²) in [5.41, 5.74) is 8.88. The molecule has 0 amide bonds. The van der Waals surface area contributed by atoms with E-state index in [1.807, 2.05) is 17.9 Å².